The fourth-order valence-corrected chi connectivity index (χ4v) is 2.27. The monoisotopic (exact) mass is 279 g/mol. The molecule has 5 nitrogen and oxygen atoms in total. The highest BCUT2D eigenvalue weighted by atomic mass is 35.5. The zero-order valence-electron chi connectivity index (χ0n) is 10.9. The number of aromatic nitrogens is 3. The van der Waals surface area contributed by atoms with Crippen LogP contribution in [-0.4, -0.2) is 25.8 Å². The fraction of sp³-hybridized carbons (Fsp3) is 0.308. The molecule has 100 valence electrons. The van der Waals surface area contributed by atoms with Crippen molar-refractivity contribution >= 4 is 17.6 Å². The number of hydrogen-bond donors (Lipinski definition) is 1. The molecule has 0 atom stereocenters. The van der Waals surface area contributed by atoms with Crippen molar-refractivity contribution in [3.63, 3.8) is 0 Å². The van der Waals surface area contributed by atoms with Crippen LogP contribution >= 0.6 is 11.6 Å². The Bertz CT molecular complexity index is 635. The van der Waals surface area contributed by atoms with Crippen LogP contribution in [0.1, 0.15) is 41.5 Å². The summed E-state index contributed by atoms with van der Waals surface area (Å²) in [5.74, 6) is -0.535. The Balaban J connectivity index is 2.69. The van der Waals surface area contributed by atoms with E-state index in [4.69, 9.17) is 16.7 Å². The quantitative estimate of drug-likeness (QED) is 0.937. The minimum Gasteiger partial charge on any atom is -0.476 e. The van der Waals surface area contributed by atoms with Crippen LogP contribution in [0.3, 0.4) is 0 Å². The zero-order valence-corrected chi connectivity index (χ0v) is 11.6. The number of carbonyl (C=O) groups is 1. The summed E-state index contributed by atoms with van der Waals surface area (Å²) < 4.78 is 1.50. The van der Waals surface area contributed by atoms with Crippen LogP contribution in [0, 0.1) is 6.92 Å². The lowest BCUT2D eigenvalue weighted by atomic mass is 10.1. The first-order valence-electron chi connectivity index (χ1n) is 5.86. The second kappa shape index (κ2) is 5.01. The lowest BCUT2D eigenvalue weighted by Crippen LogP contribution is -2.06. The van der Waals surface area contributed by atoms with E-state index < -0.39 is 5.97 Å². The Morgan fingerprint density at radius 1 is 1.47 bits per heavy atom. The van der Waals surface area contributed by atoms with Gasteiger partial charge in [0.05, 0.1) is 10.7 Å². The summed E-state index contributed by atoms with van der Waals surface area (Å²) in [6.45, 7) is 5.80. The van der Waals surface area contributed by atoms with Crippen molar-refractivity contribution in [3.05, 3.63) is 40.3 Å². The number of pyridine rings is 1. The molecule has 0 saturated heterocycles. The summed E-state index contributed by atoms with van der Waals surface area (Å²) in [7, 11) is 0. The van der Waals surface area contributed by atoms with Crippen molar-refractivity contribution in [2.75, 3.05) is 0 Å². The Hall–Kier alpha value is -1.88. The van der Waals surface area contributed by atoms with Gasteiger partial charge in [-0.1, -0.05) is 25.4 Å². The first-order chi connectivity index (χ1) is 8.91. The average Bonchev–Trinajstić information content (AvgIpc) is 2.67. The topological polar surface area (TPSA) is 68.0 Å². The summed E-state index contributed by atoms with van der Waals surface area (Å²) in [5.41, 5.74) is 1.52. The van der Waals surface area contributed by atoms with Gasteiger partial charge in [0.15, 0.2) is 11.5 Å². The van der Waals surface area contributed by atoms with E-state index in [1.165, 1.54) is 4.68 Å². The smallest absolute Gasteiger partial charge is 0.358 e. The number of halogens is 1. The van der Waals surface area contributed by atoms with Gasteiger partial charge in [0, 0.05) is 6.20 Å². The van der Waals surface area contributed by atoms with Crippen LogP contribution in [-0.2, 0) is 0 Å². The number of aromatic carboxylic acids is 1. The molecule has 0 saturated carbocycles. The number of nitrogens with zero attached hydrogens (tertiary/aromatic N) is 3. The van der Waals surface area contributed by atoms with Gasteiger partial charge >= 0.3 is 5.97 Å². The van der Waals surface area contributed by atoms with E-state index in [-0.39, 0.29) is 16.6 Å². The number of aryl methyl sites for hydroxylation is 1. The molecule has 2 aromatic rings. The van der Waals surface area contributed by atoms with Crippen molar-refractivity contribution in [1.82, 2.24) is 14.8 Å². The number of rotatable bonds is 3. The van der Waals surface area contributed by atoms with Gasteiger partial charge in [-0.3, -0.25) is 0 Å². The van der Waals surface area contributed by atoms with E-state index in [1.807, 2.05) is 32.9 Å². The highest BCUT2D eigenvalue weighted by Crippen LogP contribution is 2.29. The van der Waals surface area contributed by atoms with E-state index in [2.05, 4.69) is 10.1 Å². The molecule has 0 aromatic carbocycles. The van der Waals surface area contributed by atoms with Crippen LogP contribution in [0.5, 0.6) is 0 Å². The van der Waals surface area contributed by atoms with Crippen LogP contribution in [0.15, 0.2) is 18.3 Å². The molecule has 0 radical (unpaired) electrons. The maximum absolute atomic E-state index is 11.1. The molecule has 0 fully saturated rings. The fourth-order valence-electron chi connectivity index (χ4n) is 1.86. The lowest BCUT2D eigenvalue weighted by molar-refractivity contribution is 0.0690. The molecule has 19 heavy (non-hydrogen) atoms. The molecule has 1 N–H and O–H groups in total. The Labute approximate surface area is 115 Å². The van der Waals surface area contributed by atoms with Gasteiger partial charge < -0.3 is 5.11 Å². The van der Waals surface area contributed by atoms with E-state index >= 15 is 0 Å². The normalized spacial score (nSPS) is 11.0. The van der Waals surface area contributed by atoms with Crippen molar-refractivity contribution in [3.8, 4) is 5.82 Å². The molecule has 0 aliphatic rings. The first-order valence-corrected chi connectivity index (χ1v) is 6.24. The van der Waals surface area contributed by atoms with E-state index in [9.17, 15) is 4.79 Å². The van der Waals surface area contributed by atoms with Crippen LogP contribution < -0.4 is 0 Å². The van der Waals surface area contributed by atoms with Crippen LogP contribution in [0.4, 0.5) is 0 Å². The minimum atomic E-state index is -1.14. The zero-order chi connectivity index (χ0) is 14.2. The van der Waals surface area contributed by atoms with Gasteiger partial charge in [-0.25, -0.2) is 14.5 Å². The molecule has 2 heterocycles. The van der Waals surface area contributed by atoms with Crippen molar-refractivity contribution in [1.29, 1.82) is 0 Å². The molecule has 0 aliphatic heterocycles. The third-order valence-electron chi connectivity index (χ3n) is 2.73. The largest absolute Gasteiger partial charge is 0.476 e. The molecular weight excluding hydrogens is 266 g/mol. The lowest BCUT2D eigenvalue weighted by Gasteiger charge is -2.10. The maximum Gasteiger partial charge on any atom is 0.358 e. The predicted octanol–water partition coefficient (Wildman–Crippen LogP) is 3.05. The van der Waals surface area contributed by atoms with Gasteiger partial charge in [-0.05, 0) is 30.5 Å². The molecular formula is C13H14ClN3O2. The maximum atomic E-state index is 11.1. The predicted molar refractivity (Wildman–Crippen MR) is 72.2 cm³/mol. The summed E-state index contributed by atoms with van der Waals surface area (Å²) in [6.07, 6.45) is 1.66. The van der Waals surface area contributed by atoms with E-state index in [1.54, 1.807) is 6.20 Å². The second-order valence-electron chi connectivity index (χ2n) is 4.61. The van der Waals surface area contributed by atoms with Gasteiger partial charge in [-0.2, -0.15) is 5.10 Å². The summed E-state index contributed by atoms with van der Waals surface area (Å²) in [6, 6.07) is 3.70. The third kappa shape index (κ3) is 2.46. The van der Waals surface area contributed by atoms with Gasteiger partial charge in [-0.15, -0.1) is 0 Å². The SMILES string of the molecule is Cc1ccnc(-n2nc(C(=O)O)c(Cl)c2C(C)C)c1. The third-order valence-corrected chi connectivity index (χ3v) is 3.10. The first kappa shape index (κ1) is 13.5. The number of hydrogen-bond acceptors (Lipinski definition) is 3. The Morgan fingerprint density at radius 3 is 2.68 bits per heavy atom. The molecule has 0 bridgehead atoms. The molecule has 0 aliphatic carbocycles. The molecule has 2 aromatic heterocycles. The molecule has 2 rings (SSSR count). The van der Waals surface area contributed by atoms with Crippen molar-refractivity contribution < 1.29 is 9.90 Å². The second-order valence-corrected chi connectivity index (χ2v) is 4.99. The number of carboxylic acids is 1. The molecule has 0 spiro atoms. The van der Waals surface area contributed by atoms with Crippen LogP contribution in [0.25, 0.3) is 5.82 Å². The van der Waals surface area contributed by atoms with Crippen molar-refractivity contribution in [2.45, 2.75) is 26.7 Å². The Morgan fingerprint density at radius 2 is 2.16 bits per heavy atom. The van der Waals surface area contributed by atoms with E-state index in [0.717, 1.165) is 5.56 Å². The van der Waals surface area contributed by atoms with E-state index in [0.29, 0.717) is 11.5 Å². The highest BCUT2D eigenvalue weighted by Gasteiger charge is 2.24. The Kier molecular flexibility index (Phi) is 3.57. The van der Waals surface area contributed by atoms with Crippen LogP contribution in [0.2, 0.25) is 5.02 Å². The van der Waals surface area contributed by atoms with Gasteiger partial charge in [0.25, 0.3) is 0 Å². The van der Waals surface area contributed by atoms with Gasteiger partial charge in [0.1, 0.15) is 0 Å². The number of carboxylic acid groups (broad SMARTS) is 1. The minimum absolute atomic E-state index is 0.0374. The van der Waals surface area contributed by atoms with Crippen molar-refractivity contribution in [2.24, 2.45) is 0 Å². The standard InChI is InChI=1S/C13H14ClN3O2/c1-7(2)12-10(14)11(13(18)19)16-17(12)9-6-8(3)4-5-15-9/h4-7H,1-3H3,(H,18,19). The molecule has 6 heteroatoms. The van der Waals surface area contributed by atoms with Gasteiger partial charge in [0.2, 0.25) is 0 Å². The summed E-state index contributed by atoms with van der Waals surface area (Å²) in [5, 5.41) is 13.3. The summed E-state index contributed by atoms with van der Waals surface area (Å²) in [4.78, 5) is 15.3. The molecule has 0 amide bonds. The summed E-state index contributed by atoms with van der Waals surface area (Å²) >= 11 is 6.12. The average molecular weight is 280 g/mol. The molecule has 0 unspecified atom stereocenters. The highest BCUT2D eigenvalue weighted by molar-refractivity contribution is 6.34.